The summed E-state index contributed by atoms with van der Waals surface area (Å²) in [6.45, 7) is 0. The monoisotopic (exact) mass is 633 g/mol. The van der Waals surface area contributed by atoms with Crippen LogP contribution in [0.3, 0.4) is 0 Å². The van der Waals surface area contributed by atoms with Crippen molar-refractivity contribution in [1.82, 2.24) is 9.91 Å². The summed E-state index contributed by atoms with van der Waals surface area (Å²) in [7, 11) is 1.46. The normalized spacial score (nSPS) is 29.4. The van der Waals surface area contributed by atoms with Crippen LogP contribution in [-0.2, 0) is 24.6 Å². The Labute approximate surface area is 262 Å². The molecular weight excluding hydrogens is 608 g/mol. The molecule has 11 heteroatoms. The average molecular weight is 634 g/mol. The van der Waals surface area contributed by atoms with Gasteiger partial charge in [-0.15, -0.1) is 0 Å². The van der Waals surface area contributed by atoms with Crippen LogP contribution in [0.4, 0.5) is 10.1 Å². The van der Waals surface area contributed by atoms with Gasteiger partial charge in [0.1, 0.15) is 11.6 Å². The molecule has 7 rings (SSSR count). The van der Waals surface area contributed by atoms with Crippen LogP contribution in [-0.4, -0.2) is 45.7 Å². The summed E-state index contributed by atoms with van der Waals surface area (Å²) in [4.78, 5) is 57.1. The Morgan fingerprint density at radius 2 is 1.57 bits per heavy atom. The van der Waals surface area contributed by atoms with E-state index >= 15 is 0 Å². The number of anilines is 1. The van der Waals surface area contributed by atoms with E-state index < -0.39 is 52.6 Å². The number of nitrogens with one attached hydrogen (secondary N) is 1. The fourth-order valence-corrected chi connectivity index (χ4v) is 8.22. The first-order chi connectivity index (χ1) is 21.0. The molecule has 2 saturated heterocycles. The molecule has 0 bridgehead atoms. The quantitative estimate of drug-likeness (QED) is 0.292. The zero-order valence-electron chi connectivity index (χ0n) is 23.3. The van der Waals surface area contributed by atoms with Crippen LogP contribution >= 0.6 is 23.2 Å². The van der Waals surface area contributed by atoms with E-state index in [0.717, 1.165) is 9.91 Å². The van der Waals surface area contributed by atoms with Crippen LogP contribution in [0.15, 0.2) is 78.4 Å². The second-order valence-electron chi connectivity index (χ2n) is 11.8. The van der Waals surface area contributed by atoms with Crippen molar-refractivity contribution in [2.24, 2.45) is 23.7 Å². The molecule has 44 heavy (non-hydrogen) atoms. The Morgan fingerprint density at radius 3 is 2.27 bits per heavy atom. The molecular formula is C33H26Cl2FN3O5. The number of phenols is 1. The number of phenolic OH excluding ortho intramolecular Hbond substituents is 1. The minimum absolute atomic E-state index is 0.104. The first kappa shape index (κ1) is 28.6. The molecule has 3 aromatic rings. The molecule has 8 nitrogen and oxygen atoms in total. The summed E-state index contributed by atoms with van der Waals surface area (Å²) in [5.41, 5.74) is 3.11. The van der Waals surface area contributed by atoms with Crippen molar-refractivity contribution < 1.29 is 28.7 Å². The van der Waals surface area contributed by atoms with Crippen LogP contribution in [0.2, 0.25) is 10.0 Å². The van der Waals surface area contributed by atoms with E-state index in [2.05, 4.69) is 5.43 Å². The fraction of sp³-hybridized carbons (Fsp3) is 0.273. The largest absolute Gasteiger partial charge is 0.508 e. The molecule has 2 heterocycles. The van der Waals surface area contributed by atoms with E-state index in [-0.39, 0.29) is 30.4 Å². The van der Waals surface area contributed by atoms with E-state index in [9.17, 15) is 28.7 Å². The zero-order valence-corrected chi connectivity index (χ0v) is 24.8. The van der Waals surface area contributed by atoms with Crippen LogP contribution in [0, 0.1) is 29.5 Å². The molecule has 3 fully saturated rings. The maximum Gasteiger partial charge on any atom is 0.260 e. The highest BCUT2D eigenvalue weighted by Crippen LogP contribution is 2.65. The Hall–Kier alpha value is -4.21. The van der Waals surface area contributed by atoms with Crippen molar-refractivity contribution >= 4 is 52.5 Å². The van der Waals surface area contributed by atoms with Gasteiger partial charge in [0.2, 0.25) is 11.8 Å². The van der Waals surface area contributed by atoms with Gasteiger partial charge in [0.05, 0.1) is 28.9 Å². The van der Waals surface area contributed by atoms with Gasteiger partial charge in [0, 0.05) is 28.6 Å². The number of carbonyl (C=O) groups excluding carboxylic acids is 4. The Kier molecular flexibility index (Phi) is 6.60. The van der Waals surface area contributed by atoms with Crippen LogP contribution in [0.25, 0.3) is 0 Å². The third kappa shape index (κ3) is 3.95. The minimum atomic E-state index is -1.59. The Bertz CT molecular complexity index is 1780. The van der Waals surface area contributed by atoms with E-state index in [4.69, 9.17) is 23.2 Å². The maximum atomic E-state index is 14.9. The lowest BCUT2D eigenvalue weighted by Crippen LogP contribution is -2.53. The van der Waals surface area contributed by atoms with Crippen molar-refractivity contribution in [2.45, 2.75) is 24.2 Å². The first-order valence-electron chi connectivity index (χ1n) is 14.2. The number of halogens is 3. The molecule has 2 aliphatic heterocycles. The fourth-order valence-electron chi connectivity index (χ4n) is 7.91. The van der Waals surface area contributed by atoms with Crippen LogP contribution in [0.5, 0.6) is 5.75 Å². The summed E-state index contributed by atoms with van der Waals surface area (Å²) in [6.07, 6.45) is 2.26. The number of nitrogens with zero attached hydrogens (tertiary/aromatic N) is 2. The predicted octanol–water partition coefficient (Wildman–Crippen LogP) is 5.45. The van der Waals surface area contributed by atoms with Crippen molar-refractivity contribution in [3.05, 3.63) is 105 Å². The third-order valence-electron chi connectivity index (χ3n) is 9.78. The average Bonchev–Trinajstić information content (AvgIpc) is 3.36. The number of fused-ring (bicyclic) bond motifs is 4. The molecule has 1 saturated carbocycles. The van der Waals surface area contributed by atoms with E-state index in [1.165, 1.54) is 43.4 Å². The number of amides is 4. The molecule has 2 N–H and O–H groups in total. The predicted molar refractivity (Wildman–Crippen MR) is 160 cm³/mol. The van der Waals surface area contributed by atoms with Crippen LogP contribution in [0.1, 0.15) is 29.9 Å². The number of hydrazine groups is 1. The number of carbonyl (C=O) groups is 4. The van der Waals surface area contributed by atoms with Gasteiger partial charge in [-0.05, 0) is 78.9 Å². The smallest absolute Gasteiger partial charge is 0.260 e. The lowest BCUT2D eigenvalue weighted by atomic mass is 9.49. The zero-order chi connectivity index (χ0) is 31.1. The Morgan fingerprint density at radius 1 is 0.886 bits per heavy atom. The molecule has 4 amide bonds. The number of hydrogen-bond acceptors (Lipinski definition) is 6. The van der Waals surface area contributed by atoms with Gasteiger partial charge in [0.25, 0.3) is 11.8 Å². The third-order valence-corrected chi connectivity index (χ3v) is 10.3. The van der Waals surface area contributed by atoms with Gasteiger partial charge in [0.15, 0.2) is 0 Å². The number of likely N-dealkylation sites (tertiary alicyclic amines) is 1. The minimum Gasteiger partial charge on any atom is -0.508 e. The van der Waals surface area contributed by atoms with E-state index in [1.54, 1.807) is 30.3 Å². The molecule has 0 radical (unpaired) electrons. The highest BCUT2D eigenvalue weighted by atomic mass is 35.5. The second kappa shape index (κ2) is 10.2. The molecule has 0 unspecified atom stereocenters. The van der Waals surface area contributed by atoms with E-state index in [0.29, 0.717) is 32.4 Å². The van der Waals surface area contributed by atoms with Crippen LogP contribution < -0.4 is 5.43 Å². The molecule has 0 aromatic heterocycles. The summed E-state index contributed by atoms with van der Waals surface area (Å²) in [5, 5.41) is 13.0. The lowest BCUT2D eigenvalue weighted by molar-refractivity contribution is -0.140. The maximum absolute atomic E-state index is 14.9. The van der Waals surface area contributed by atoms with Crippen molar-refractivity contribution in [3.63, 3.8) is 0 Å². The summed E-state index contributed by atoms with van der Waals surface area (Å²) in [5.74, 6) is -6.17. The van der Waals surface area contributed by atoms with Crippen molar-refractivity contribution in [3.8, 4) is 5.75 Å². The highest BCUT2D eigenvalue weighted by molar-refractivity contribution is 6.31. The number of allylic oxidation sites excluding steroid dienone is 2. The number of hydrogen-bond donors (Lipinski definition) is 2. The molecule has 224 valence electrons. The van der Waals surface area contributed by atoms with Gasteiger partial charge in [-0.25, -0.2) is 4.39 Å². The van der Waals surface area contributed by atoms with Gasteiger partial charge < -0.3 is 5.11 Å². The van der Waals surface area contributed by atoms with Gasteiger partial charge in [-0.3, -0.25) is 29.5 Å². The Balaban J connectivity index is 1.49. The molecule has 4 aliphatic rings. The number of rotatable bonds is 4. The number of aromatic hydroxyl groups is 1. The first-order valence-corrected chi connectivity index (χ1v) is 15.0. The van der Waals surface area contributed by atoms with E-state index in [1.807, 2.05) is 6.08 Å². The highest BCUT2D eigenvalue weighted by Gasteiger charge is 2.70. The van der Waals surface area contributed by atoms with Gasteiger partial charge in [-0.2, -0.15) is 5.01 Å². The second-order valence-corrected chi connectivity index (χ2v) is 12.7. The topological polar surface area (TPSA) is 107 Å². The molecule has 6 atom stereocenters. The van der Waals surface area contributed by atoms with Gasteiger partial charge in [-0.1, -0.05) is 47.0 Å². The summed E-state index contributed by atoms with van der Waals surface area (Å²) < 4.78 is 13.7. The van der Waals surface area contributed by atoms with Crippen molar-refractivity contribution in [2.75, 3.05) is 12.5 Å². The number of benzene rings is 3. The number of imide groups is 2. The van der Waals surface area contributed by atoms with Gasteiger partial charge >= 0.3 is 0 Å². The summed E-state index contributed by atoms with van der Waals surface area (Å²) in [6, 6.07) is 16.4. The molecule has 2 aliphatic carbocycles. The van der Waals surface area contributed by atoms with Crippen molar-refractivity contribution in [1.29, 1.82) is 0 Å². The lowest BCUT2D eigenvalue weighted by Gasteiger charge is -2.50. The SMILES string of the molecule is CN1C(=O)[C@H]2[C@H](CC=C3[C@H]2C[C@H]2C(=O)N(Nc4ccc(F)cc4)C(=O)[C@@]2(c2ccc(Cl)cc2)[C@H]3c2cc(Cl)ccc2O)C1=O. The summed E-state index contributed by atoms with van der Waals surface area (Å²) >= 11 is 12.7. The molecule has 0 spiro atoms. The molecule has 3 aromatic carbocycles. The standard InChI is InChI=1S/C33H26Cl2FN3O5/c1-38-29(41)22-12-11-21-23(27(22)31(38)43)15-25-30(42)39(37-20-9-7-19(36)8-10-20)32(44)33(25,16-2-4-17(34)5-3-16)28(21)24-14-18(35)6-13-26(24)40/h2-11,13-14,22-23,25,27-28,37,40H,12,15H2,1H3/t22-,23+,25-,27-,28+,33+/m0/s1.